The normalized spacial score (nSPS) is 15.4. The molecular weight excluding hydrogens is 505 g/mol. The van der Waals surface area contributed by atoms with Gasteiger partial charge in [0.15, 0.2) is 21.8 Å². The van der Waals surface area contributed by atoms with Crippen LogP contribution in [-0.4, -0.2) is 44.4 Å². The number of phosphoric acid groups is 1. The highest BCUT2D eigenvalue weighted by Crippen LogP contribution is 2.45. The van der Waals surface area contributed by atoms with Gasteiger partial charge in [-0.2, -0.15) is 0 Å². The van der Waals surface area contributed by atoms with Gasteiger partial charge in [-0.15, -0.1) is 0 Å². The number of hydrogen-bond donors (Lipinski definition) is 3. The molecule has 3 aromatic rings. The molecule has 4 N–H and O–H groups in total. The van der Waals surface area contributed by atoms with Crippen LogP contribution in [0.25, 0.3) is 10.3 Å². The lowest BCUT2D eigenvalue weighted by Crippen LogP contribution is -2.28. The number of benzene rings is 1. The molecule has 192 valence electrons. The van der Waals surface area contributed by atoms with Crippen LogP contribution >= 0.6 is 30.9 Å². The molecule has 0 aliphatic heterocycles. The van der Waals surface area contributed by atoms with Crippen molar-refractivity contribution >= 4 is 52.2 Å². The van der Waals surface area contributed by atoms with Crippen molar-refractivity contribution in [3.63, 3.8) is 0 Å². The fourth-order valence-electron chi connectivity index (χ4n) is 3.47. The summed E-state index contributed by atoms with van der Waals surface area (Å²) in [5.41, 5.74) is 7.76. The average Bonchev–Trinajstić information content (AvgIpc) is 3.15. The topological polar surface area (TPSA) is 132 Å². The van der Waals surface area contributed by atoms with Crippen molar-refractivity contribution in [3.8, 4) is 0 Å². The minimum atomic E-state index is -4.16. The van der Waals surface area contributed by atoms with E-state index in [-0.39, 0.29) is 12.6 Å². The number of phosphoric ester groups is 1. The molecule has 2 heterocycles. The zero-order valence-corrected chi connectivity index (χ0v) is 23.2. The lowest BCUT2D eigenvalue weighted by Gasteiger charge is -2.23. The van der Waals surface area contributed by atoms with Crippen molar-refractivity contribution in [2.24, 2.45) is 5.92 Å². The highest BCUT2D eigenvalue weighted by atomic mass is 32.2. The van der Waals surface area contributed by atoms with Gasteiger partial charge in [-0.05, 0) is 37.7 Å². The smallest absolute Gasteiger partial charge is 0.375 e. The lowest BCUT2D eigenvalue weighted by molar-refractivity contribution is 0.115. The van der Waals surface area contributed by atoms with E-state index in [2.05, 4.69) is 48.2 Å². The van der Waals surface area contributed by atoms with E-state index in [0.717, 1.165) is 10.5 Å². The molecule has 1 aromatic carbocycles. The van der Waals surface area contributed by atoms with Crippen molar-refractivity contribution in [3.05, 3.63) is 35.9 Å². The number of nitrogens with one attached hydrogen (secondary N) is 1. The fraction of sp³-hybridized carbons (Fsp3) is 0.522. The Labute approximate surface area is 214 Å². The van der Waals surface area contributed by atoms with Crippen LogP contribution in [0.3, 0.4) is 0 Å². The third-order valence-electron chi connectivity index (χ3n) is 4.96. The molecule has 2 aromatic heterocycles. The predicted octanol–water partition coefficient (Wildman–Crippen LogP) is 5.93. The van der Waals surface area contributed by atoms with Gasteiger partial charge in [0, 0.05) is 5.75 Å². The minimum absolute atomic E-state index is 0.0218. The molecule has 9 nitrogen and oxygen atoms in total. The third-order valence-corrected chi connectivity index (χ3v) is 8.11. The predicted molar refractivity (Wildman–Crippen MR) is 144 cm³/mol. The van der Waals surface area contributed by atoms with Crippen LogP contribution in [0.2, 0.25) is 0 Å². The van der Waals surface area contributed by atoms with Crippen LogP contribution in [0.1, 0.15) is 52.5 Å². The number of rotatable bonds is 13. The fourth-order valence-corrected chi connectivity index (χ4v) is 6.06. The van der Waals surface area contributed by atoms with Gasteiger partial charge < -0.3 is 15.9 Å². The monoisotopic (exact) mass is 539 g/mol. The number of nitrogen functional groups attached to an aromatic ring is 1. The molecule has 12 heteroatoms. The SMILES string of the molecule is CC(C)CC(COP(=O)(O)OC(C)C)Nc1nc(SCC(C)c2ccccc2)nc2nc(N)sc12. The standard InChI is InChI=1S/C23H34N5O4PS2/c1-14(2)11-18(12-31-33(29,30)32-15(3)4)25-20-19-21(26-22(24)35-19)28-23(27-20)34-13-16(5)17-9-7-6-8-10-17/h6-10,14-16,18H,11-13H2,1-5H3,(H,29,30)(H3,24,25,26,27,28). The van der Waals surface area contributed by atoms with Gasteiger partial charge in [-0.1, -0.05) is 74.2 Å². The van der Waals surface area contributed by atoms with E-state index in [0.29, 0.717) is 40.0 Å². The summed E-state index contributed by atoms with van der Waals surface area (Å²) in [6, 6.07) is 10.0. The van der Waals surface area contributed by atoms with E-state index in [1.165, 1.54) is 16.9 Å². The molecule has 0 saturated carbocycles. The number of hydrogen-bond acceptors (Lipinski definition) is 10. The van der Waals surface area contributed by atoms with Crippen LogP contribution in [0.5, 0.6) is 0 Å². The number of thioether (sulfide) groups is 1. The summed E-state index contributed by atoms with van der Waals surface area (Å²) in [6.07, 6.45) is 0.261. The molecule has 0 fully saturated rings. The zero-order valence-electron chi connectivity index (χ0n) is 20.7. The average molecular weight is 540 g/mol. The minimum Gasteiger partial charge on any atom is -0.375 e. The quantitative estimate of drug-likeness (QED) is 0.136. The van der Waals surface area contributed by atoms with E-state index in [9.17, 15) is 9.46 Å². The van der Waals surface area contributed by atoms with Gasteiger partial charge in [0.1, 0.15) is 4.70 Å². The molecule has 0 saturated heterocycles. The Morgan fingerprint density at radius 2 is 1.86 bits per heavy atom. The summed E-state index contributed by atoms with van der Waals surface area (Å²) in [5, 5.41) is 4.38. The van der Waals surface area contributed by atoms with Crippen LogP contribution in [-0.2, 0) is 13.6 Å². The molecule has 3 atom stereocenters. The van der Waals surface area contributed by atoms with Crippen LogP contribution in [0.15, 0.2) is 35.5 Å². The van der Waals surface area contributed by atoms with Crippen molar-refractivity contribution < 1.29 is 18.5 Å². The highest BCUT2D eigenvalue weighted by molar-refractivity contribution is 7.99. The third kappa shape index (κ3) is 8.70. The Hall–Kier alpha value is -1.75. The Bertz CT molecular complexity index is 1150. The first kappa shape index (κ1) is 27.8. The lowest BCUT2D eigenvalue weighted by atomic mass is 10.0. The molecule has 0 radical (unpaired) electrons. The van der Waals surface area contributed by atoms with Crippen LogP contribution in [0.4, 0.5) is 10.9 Å². The Balaban J connectivity index is 1.79. The van der Waals surface area contributed by atoms with Crippen molar-refractivity contribution in [2.75, 3.05) is 23.4 Å². The number of nitrogens with two attached hydrogens (primary N) is 1. The molecular formula is C23H34N5O4PS2. The van der Waals surface area contributed by atoms with Gasteiger partial charge >= 0.3 is 7.82 Å². The summed E-state index contributed by atoms with van der Waals surface area (Å²) in [6.45, 7) is 9.66. The first-order chi connectivity index (χ1) is 16.5. The van der Waals surface area contributed by atoms with Crippen molar-refractivity contribution in [1.29, 1.82) is 0 Å². The zero-order chi connectivity index (χ0) is 25.6. The molecule has 0 aliphatic carbocycles. The molecule has 0 spiro atoms. The van der Waals surface area contributed by atoms with Crippen molar-refractivity contribution in [2.45, 2.75) is 64.3 Å². The van der Waals surface area contributed by atoms with Gasteiger partial charge in [0.05, 0.1) is 18.8 Å². The number of nitrogens with zero attached hydrogens (tertiary/aromatic N) is 3. The second-order valence-electron chi connectivity index (χ2n) is 9.07. The Kier molecular flexibility index (Phi) is 9.92. The summed E-state index contributed by atoms with van der Waals surface area (Å²) in [5.74, 6) is 2.02. The van der Waals surface area contributed by atoms with E-state index in [1.807, 2.05) is 18.2 Å². The van der Waals surface area contributed by atoms with E-state index in [4.69, 9.17) is 19.8 Å². The molecule has 0 aliphatic rings. The summed E-state index contributed by atoms with van der Waals surface area (Å²) < 4.78 is 23.3. The summed E-state index contributed by atoms with van der Waals surface area (Å²) >= 11 is 2.85. The van der Waals surface area contributed by atoms with Gasteiger partial charge in [0.25, 0.3) is 0 Å². The number of thiazole rings is 1. The summed E-state index contributed by atoms with van der Waals surface area (Å²) in [7, 11) is -4.16. The first-order valence-corrected chi connectivity index (χ1v) is 14.9. The highest BCUT2D eigenvalue weighted by Gasteiger charge is 2.26. The number of aromatic nitrogens is 3. The Morgan fingerprint density at radius 3 is 2.51 bits per heavy atom. The first-order valence-electron chi connectivity index (χ1n) is 11.6. The molecule has 3 rings (SSSR count). The molecule has 35 heavy (non-hydrogen) atoms. The molecule has 0 bridgehead atoms. The maximum absolute atomic E-state index is 12.2. The molecule has 0 amide bonds. The maximum Gasteiger partial charge on any atom is 0.472 e. The van der Waals surface area contributed by atoms with Gasteiger partial charge in [-0.25, -0.2) is 19.5 Å². The Morgan fingerprint density at radius 1 is 1.14 bits per heavy atom. The van der Waals surface area contributed by atoms with Gasteiger partial charge in [-0.3, -0.25) is 9.05 Å². The van der Waals surface area contributed by atoms with Gasteiger partial charge in [0.2, 0.25) is 0 Å². The second-order valence-corrected chi connectivity index (χ2v) is 12.5. The van der Waals surface area contributed by atoms with E-state index in [1.54, 1.807) is 25.6 Å². The van der Waals surface area contributed by atoms with Crippen LogP contribution < -0.4 is 11.1 Å². The summed E-state index contributed by atoms with van der Waals surface area (Å²) in [4.78, 5) is 23.7. The molecule has 3 unspecified atom stereocenters. The number of anilines is 2. The number of fused-ring (bicyclic) bond motifs is 1. The maximum atomic E-state index is 12.2. The second kappa shape index (κ2) is 12.5. The van der Waals surface area contributed by atoms with Crippen LogP contribution in [0, 0.1) is 5.92 Å². The van der Waals surface area contributed by atoms with Crippen molar-refractivity contribution in [1.82, 2.24) is 15.0 Å². The van der Waals surface area contributed by atoms with E-state index < -0.39 is 13.9 Å². The van der Waals surface area contributed by atoms with E-state index >= 15 is 0 Å². The largest absolute Gasteiger partial charge is 0.472 e.